The Bertz CT molecular complexity index is 984. The molecule has 0 saturated heterocycles. The molecule has 0 aliphatic heterocycles. The number of hydrogen-bond donors (Lipinski definition) is 0. The Hall–Kier alpha value is -2.60. The van der Waals surface area contributed by atoms with Crippen LogP contribution in [0.2, 0.25) is 0 Å². The molecule has 0 aliphatic carbocycles. The third-order valence-electron chi connectivity index (χ3n) is 1.74. The summed E-state index contributed by atoms with van der Waals surface area (Å²) in [6.45, 7) is -7.96. The maximum atomic E-state index is 11.9. The van der Waals surface area contributed by atoms with Crippen LogP contribution in [0.1, 0.15) is 8.85 Å². The van der Waals surface area contributed by atoms with Gasteiger partial charge in [0.2, 0.25) is 13.9 Å². The molecule has 0 radical (unpaired) electrons. The van der Waals surface area contributed by atoms with Crippen molar-refractivity contribution in [3.8, 4) is 0 Å². The average molecular weight is 1010 g/mol. The number of hydrogen-bond acceptors (Lipinski definition) is 8. The van der Waals surface area contributed by atoms with Crippen molar-refractivity contribution in [2.45, 2.75) is 50.5 Å². The van der Waals surface area contributed by atoms with E-state index in [1.807, 2.05) is 4.74 Å². The maximum Gasteiger partial charge on any atom is 1.00 e. The van der Waals surface area contributed by atoms with E-state index in [9.17, 15) is 146 Å². The number of alkyl halides is 24. The Labute approximate surface area is 344 Å². The molecule has 0 unspecified atom stereocenters. The van der Waals surface area contributed by atoms with Gasteiger partial charge in [0.05, 0.1) is 0 Å². The Morgan fingerprint density at radius 2 is 0.627 bits per heavy atom. The van der Waals surface area contributed by atoms with Gasteiger partial charge in [0, 0.05) is 1.43 Å². The van der Waals surface area contributed by atoms with Crippen molar-refractivity contribution in [3.05, 3.63) is 0 Å². The summed E-state index contributed by atoms with van der Waals surface area (Å²) in [5, 5.41) is 0. The largest absolute Gasteiger partial charge is 1.00 e. The van der Waals surface area contributed by atoms with Crippen LogP contribution in [0.15, 0.2) is 0 Å². The fourth-order valence-electron chi connectivity index (χ4n) is 0.309. The van der Waals surface area contributed by atoms with E-state index >= 15 is 0 Å². The van der Waals surface area contributed by atoms with Crippen LogP contribution in [0.25, 0.3) is 0 Å². The van der Waals surface area contributed by atoms with Gasteiger partial charge in [-0.05, 0) is 9.05 Å². The Balaban J connectivity index is -0.0000000394. The van der Waals surface area contributed by atoms with Gasteiger partial charge in [0.15, 0.2) is 13.3 Å². The average Bonchev–Trinajstić information content (AvgIpc) is 2.96. The number of halogens is 33. The summed E-state index contributed by atoms with van der Waals surface area (Å²) in [6.07, 6.45) is -43.2. The zero-order valence-electron chi connectivity index (χ0n) is 25.6. The van der Waals surface area contributed by atoms with Crippen molar-refractivity contribution >= 4 is 30.6 Å². The summed E-state index contributed by atoms with van der Waals surface area (Å²) in [7, 11) is 0. The van der Waals surface area contributed by atoms with Gasteiger partial charge in [0.1, 0.15) is 0 Å². The maximum absolute atomic E-state index is 11.9. The van der Waals surface area contributed by atoms with E-state index in [4.69, 9.17) is 19.2 Å². The molecular weight excluding hydrogens is 998 g/mol. The first-order valence-corrected chi connectivity index (χ1v) is 9.99. The molecule has 0 atom stereocenters. The van der Waals surface area contributed by atoms with Crippen LogP contribution in [0.3, 0.4) is 0 Å². The van der Waals surface area contributed by atoms with Gasteiger partial charge in [-0.3, -0.25) is 9.59 Å². The predicted molar refractivity (Wildman–Crippen MR) is 112 cm³/mol. The zero-order valence-corrected chi connectivity index (χ0v) is 28.7. The number of ether oxygens (including phenoxy) is 1. The molecule has 0 N–H and O–H groups in total. The molecule has 0 fully saturated rings. The molecule has 362 valence electrons. The standard InChI is InChI=1S/C4F8O3.C2F4O2.C2F4O.2C2H2F4.2CF2O.2CH2F2.CH4.FH.K.H2/c5-2(6,7)1(13)14-3(8,9)4(10,11)15-12;3-1(7)2(4,5)8-6;3-1(7)2(4,5)6;2*3-1-2(4,5)6;2*2-1(3)4;2*2-1-3;;;;/h;;;2*1H2;;;2*1H2;1H4;1H;;1H/q;;;;;;;;;;;+1;/p-1/i;;;;;;;;;;;;1+1. The third kappa shape index (κ3) is 92.2. The van der Waals surface area contributed by atoms with Crippen LogP contribution < -0.4 is 56.1 Å². The van der Waals surface area contributed by atoms with Crippen molar-refractivity contribution in [1.82, 2.24) is 0 Å². The molecule has 0 amide bonds. The molecule has 0 saturated carbocycles. The van der Waals surface area contributed by atoms with Gasteiger partial charge in [-0.2, -0.15) is 87.8 Å². The molecule has 0 rings (SSSR count). The quantitative estimate of drug-likeness (QED) is 0.143. The van der Waals surface area contributed by atoms with E-state index in [1.54, 1.807) is 4.94 Å². The molecular formula is C17H14F33KO8. The molecule has 0 heterocycles. The fraction of sp³-hybridized carbons (Fsp3) is 0.706. The summed E-state index contributed by atoms with van der Waals surface area (Å²) in [6, 6.07) is -6.41. The Morgan fingerprint density at radius 1 is 0.441 bits per heavy atom. The van der Waals surface area contributed by atoms with Crippen LogP contribution in [0.5, 0.6) is 0 Å². The number of rotatable bonds is 5. The number of carbonyl (C=O) groups is 5. The summed E-state index contributed by atoms with van der Waals surface area (Å²) in [5.41, 5.74) is 0. The molecule has 42 heteroatoms. The minimum Gasteiger partial charge on any atom is -1.00 e. The van der Waals surface area contributed by atoms with Gasteiger partial charge < -0.3 is 9.44 Å². The van der Waals surface area contributed by atoms with Crippen LogP contribution in [-0.2, 0) is 29.0 Å². The molecule has 0 aliphatic rings. The first kappa shape index (κ1) is 87.8. The van der Waals surface area contributed by atoms with Crippen molar-refractivity contribution in [2.75, 3.05) is 27.2 Å². The Morgan fingerprint density at radius 3 is 0.695 bits per heavy atom. The monoisotopic (exact) mass is 1010 g/mol. The van der Waals surface area contributed by atoms with Crippen molar-refractivity contribution in [1.29, 1.82) is 0 Å². The molecule has 0 bridgehead atoms. The van der Waals surface area contributed by atoms with Gasteiger partial charge in [0.25, 0.3) is 0 Å². The summed E-state index contributed by atoms with van der Waals surface area (Å²) in [5.74, 6) is -3.61. The summed E-state index contributed by atoms with van der Waals surface area (Å²) < 4.78 is 339. The Kier molecular flexibility index (Phi) is 64.7. The first-order chi connectivity index (χ1) is 24.3. The first-order valence-electron chi connectivity index (χ1n) is 9.99. The van der Waals surface area contributed by atoms with E-state index in [-0.39, 0.29) is 64.9 Å². The normalized spacial score (nSPS) is 10.4. The van der Waals surface area contributed by atoms with E-state index in [2.05, 4.69) is 0 Å². The number of carbonyl (C=O) groups excluding carboxylic acids is 5. The third-order valence-corrected chi connectivity index (χ3v) is 1.74. The molecule has 0 aromatic heterocycles. The fourth-order valence-corrected chi connectivity index (χ4v) is 0.309. The van der Waals surface area contributed by atoms with E-state index in [0.29, 0.717) is 0 Å². The molecule has 0 aromatic carbocycles. The smallest absolute Gasteiger partial charge is 1.00 e. The van der Waals surface area contributed by atoms with Crippen LogP contribution >= 0.6 is 0 Å². The zero-order chi connectivity index (χ0) is 48.3. The van der Waals surface area contributed by atoms with Crippen LogP contribution in [0.4, 0.5) is 150 Å². The molecule has 8 nitrogen and oxygen atoms in total. The SMILES string of the molecule is C.FCC(F)(F)F.FCC(F)(F)F.FCF.FCF.O=C(F)C(F)(F)F.O=C(F)C(F)(F)OF.O=C(F)F.O=C(F)F.O=C(OC(F)(F)C(F)(F)OF)C(F)(F)F.[2HH].[F-].[K+]. The second-order valence-corrected chi connectivity index (χ2v) is 5.79. The summed E-state index contributed by atoms with van der Waals surface area (Å²) >= 11 is 0. The molecule has 0 aromatic rings. The molecule has 59 heavy (non-hydrogen) atoms. The predicted octanol–water partition coefficient (Wildman–Crippen LogP) is 5.98. The second kappa shape index (κ2) is 43.5. The molecule has 0 spiro atoms. The van der Waals surface area contributed by atoms with E-state index < -0.39 is 101 Å². The van der Waals surface area contributed by atoms with Gasteiger partial charge in [-0.15, -0.1) is 27.4 Å². The minimum atomic E-state index is -6.08. The number of esters is 1. The summed E-state index contributed by atoms with van der Waals surface area (Å²) in [4.78, 5) is 46.5. The van der Waals surface area contributed by atoms with Gasteiger partial charge in [-0.1, -0.05) is 7.43 Å². The van der Waals surface area contributed by atoms with Gasteiger partial charge >= 0.3 is 125 Å². The van der Waals surface area contributed by atoms with E-state index in [1.165, 1.54) is 4.94 Å². The van der Waals surface area contributed by atoms with Crippen molar-refractivity contribution < 1.29 is 237 Å². The van der Waals surface area contributed by atoms with Gasteiger partial charge in [-0.25, -0.2) is 40.7 Å². The van der Waals surface area contributed by atoms with Crippen LogP contribution in [-0.4, -0.2) is 101 Å². The second-order valence-electron chi connectivity index (χ2n) is 5.79. The van der Waals surface area contributed by atoms with E-state index in [0.717, 1.165) is 0 Å². The van der Waals surface area contributed by atoms with Crippen molar-refractivity contribution in [3.63, 3.8) is 0 Å². The minimum absolute atomic E-state index is 0. The van der Waals surface area contributed by atoms with Crippen LogP contribution in [0, 0.1) is 0 Å². The topological polar surface area (TPSA) is 113 Å². The van der Waals surface area contributed by atoms with Crippen molar-refractivity contribution in [2.24, 2.45) is 0 Å².